The van der Waals surface area contributed by atoms with Gasteiger partial charge in [0.2, 0.25) is 10.9 Å². The molecule has 0 aliphatic rings. The van der Waals surface area contributed by atoms with E-state index in [1.807, 2.05) is 0 Å². The lowest BCUT2D eigenvalue weighted by atomic mass is 10.2. The van der Waals surface area contributed by atoms with Gasteiger partial charge in [0, 0.05) is 11.1 Å². The van der Waals surface area contributed by atoms with Crippen molar-refractivity contribution in [3.8, 4) is 0 Å². The fraction of sp³-hybridized carbons (Fsp3) is 0.286. The molecule has 0 unspecified atom stereocenters. The SMILES string of the molecule is Cc1c(CCl)c(=O)c(=O)c1=O. The molecule has 4 heteroatoms. The molecule has 3 nitrogen and oxygen atoms in total. The van der Waals surface area contributed by atoms with Gasteiger partial charge in [-0.1, -0.05) is 0 Å². The molecule has 0 aromatic heterocycles. The van der Waals surface area contributed by atoms with Crippen LogP contribution in [0.15, 0.2) is 14.4 Å². The number of halogens is 1. The average molecular weight is 173 g/mol. The second-order valence-electron chi connectivity index (χ2n) is 2.22. The molecule has 0 bridgehead atoms. The van der Waals surface area contributed by atoms with Gasteiger partial charge in [0.05, 0.1) is 5.88 Å². The standard InChI is InChI=1S/C7H5ClO3/c1-3-4(2-8)6(10)7(11)5(3)9/h2H2,1H3. The predicted octanol–water partition coefficient (Wildman–Crippen LogP) is -0.310. The summed E-state index contributed by atoms with van der Waals surface area (Å²) in [5.74, 6) is -0.0673. The minimum atomic E-state index is -0.960. The molecule has 0 fully saturated rings. The van der Waals surface area contributed by atoms with Crippen molar-refractivity contribution in [2.75, 3.05) is 0 Å². The highest BCUT2D eigenvalue weighted by Crippen LogP contribution is 1.97. The smallest absolute Gasteiger partial charge is 0.273 e. The lowest BCUT2D eigenvalue weighted by Gasteiger charge is -1.84. The van der Waals surface area contributed by atoms with Crippen LogP contribution in [0.1, 0.15) is 11.1 Å². The van der Waals surface area contributed by atoms with Crippen LogP contribution in [-0.2, 0) is 5.88 Å². The molecular formula is C7H5ClO3. The molecule has 0 aliphatic heterocycles. The Morgan fingerprint density at radius 1 is 1.09 bits per heavy atom. The summed E-state index contributed by atoms with van der Waals surface area (Å²) in [5, 5.41) is 0. The second kappa shape index (κ2) is 2.58. The first kappa shape index (κ1) is 8.14. The molecule has 0 saturated heterocycles. The van der Waals surface area contributed by atoms with Gasteiger partial charge in [-0.15, -0.1) is 11.6 Å². The molecule has 0 heterocycles. The summed E-state index contributed by atoms with van der Waals surface area (Å²) >= 11 is 5.34. The van der Waals surface area contributed by atoms with E-state index in [1.165, 1.54) is 6.92 Å². The first-order valence-corrected chi connectivity index (χ1v) is 3.52. The van der Waals surface area contributed by atoms with Gasteiger partial charge >= 0.3 is 0 Å². The van der Waals surface area contributed by atoms with Crippen molar-refractivity contribution in [1.29, 1.82) is 0 Å². The molecule has 0 spiro atoms. The zero-order chi connectivity index (χ0) is 8.59. The predicted molar refractivity (Wildman–Crippen MR) is 41.9 cm³/mol. The van der Waals surface area contributed by atoms with E-state index in [0.29, 0.717) is 0 Å². The molecule has 58 valence electrons. The van der Waals surface area contributed by atoms with E-state index in [0.717, 1.165) is 0 Å². The van der Waals surface area contributed by atoms with E-state index in [9.17, 15) is 14.4 Å². The van der Waals surface area contributed by atoms with Crippen molar-refractivity contribution < 1.29 is 0 Å². The molecule has 1 rings (SSSR count). The fourth-order valence-electron chi connectivity index (χ4n) is 0.879. The minimum absolute atomic E-state index is 0.0673. The lowest BCUT2D eigenvalue weighted by Crippen LogP contribution is -2.30. The summed E-state index contributed by atoms with van der Waals surface area (Å²) in [6.07, 6.45) is 0. The Morgan fingerprint density at radius 2 is 1.64 bits per heavy atom. The normalized spacial score (nSPS) is 10.4. The number of rotatable bonds is 1. The maximum absolute atomic E-state index is 10.8. The van der Waals surface area contributed by atoms with Gasteiger partial charge in [-0.2, -0.15) is 0 Å². The van der Waals surface area contributed by atoms with Crippen molar-refractivity contribution in [2.24, 2.45) is 0 Å². The monoisotopic (exact) mass is 172 g/mol. The van der Waals surface area contributed by atoms with Crippen LogP contribution in [0.3, 0.4) is 0 Å². The average Bonchev–Trinajstić information content (AvgIpc) is 2.17. The maximum Gasteiger partial charge on any atom is 0.273 e. The van der Waals surface area contributed by atoms with Gasteiger partial charge in [0.25, 0.3) is 5.43 Å². The Kier molecular flexibility index (Phi) is 1.91. The Labute approximate surface area is 66.9 Å². The number of alkyl halides is 1. The molecule has 1 aromatic rings. The molecule has 0 aliphatic carbocycles. The Balaban J connectivity index is 3.77. The number of hydrogen-bond acceptors (Lipinski definition) is 3. The highest BCUT2D eigenvalue weighted by Gasteiger charge is 2.14. The molecule has 0 amide bonds. The largest absolute Gasteiger partial charge is 0.285 e. The summed E-state index contributed by atoms with van der Waals surface area (Å²) < 4.78 is 0. The van der Waals surface area contributed by atoms with Gasteiger partial charge in [-0.25, -0.2) is 0 Å². The van der Waals surface area contributed by atoms with Crippen molar-refractivity contribution in [3.63, 3.8) is 0 Å². The minimum Gasteiger partial charge on any atom is -0.285 e. The summed E-state index contributed by atoms with van der Waals surface area (Å²) in [6, 6.07) is 0. The van der Waals surface area contributed by atoms with E-state index in [-0.39, 0.29) is 17.0 Å². The summed E-state index contributed by atoms with van der Waals surface area (Å²) in [5.41, 5.74) is -2.09. The van der Waals surface area contributed by atoms with Gasteiger partial charge in [-0.3, -0.25) is 14.4 Å². The maximum atomic E-state index is 10.8. The van der Waals surface area contributed by atoms with E-state index < -0.39 is 16.3 Å². The van der Waals surface area contributed by atoms with Crippen molar-refractivity contribution >= 4 is 11.6 Å². The van der Waals surface area contributed by atoms with E-state index >= 15 is 0 Å². The number of hydrogen-bond donors (Lipinski definition) is 0. The second-order valence-corrected chi connectivity index (χ2v) is 2.49. The molecule has 11 heavy (non-hydrogen) atoms. The topological polar surface area (TPSA) is 51.2 Å². The highest BCUT2D eigenvalue weighted by atomic mass is 35.5. The van der Waals surface area contributed by atoms with Gasteiger partial charge < -0.3 is 0 Å². The first-order chi connectivity index (χ1) is 5.09. The molecular weight excluding hydrogens is 168 g/mol. The van der Waals surface area contributed by atoms with Crippen LogP contribution in [0.4, 0.5) is 0 Å². The summed E-state index contributed by atoms with van der Waals surface area (Å²) in [6.45, 7) is 1.43. The van der Waals surface area contributed by atoms with Crippen LogP contribution in [0, 0.1) is 6.92 Å². The third-order valence-electron chi connectivity index (χ3n) is 1.61. The van der Waals surface area contributed by atoms with Gasteiger partial charge in [0.1, 0.15) is 0 Å². The van der Waals surface area contributed by atoms with Crippen LogP contribution >= 0.6 is 11.6 Å². The van der Waals surface area contributed by atoms with E-state index in [4.69, 9.17) is 11.6 Å². The molecule has 0 saturated carbocycles. The van der Waals surface area contributed by atoms with Crippen molar-refractivity contribution in [1.82, 2.24) is 0 Å². The first-order valence-electron chi connectivity index (χ1n) is 2.98. The third kappa shape index (κ3) is 1.01. The van der Waals surface area contributed by atoms with Gasteiger partial charge in [0.15, 0.2) is 0 Å². The third-order valence-corrected chi connectivity index (χ3v) is 1.88. The zero-order valence-electron chi connectivity index (χ0n) is 5.81. The molecule has 0 N–H and O–H groups in total. The summed E-state index contributed by atoms with van der Waals surface area (Å²) in [7, 11) is 0. The van der Waals surface area contributed by atoms with E-state index in [1.54, 1.807) is 0 Å². The van der Waals surface area contributed by atoms with Gasteiger partial charge in [-0.05, 0) is 6.92 Å². The molecule has 0 radical (unpaired) electrons. The Bertz CT molecular complexity index is 412. The Morgan fingerprint density at radius 3 is 1.82 bits per heavy atom. The van der Waals surface area contributed by atoms with Crippen LogP contribution in [0.2, 0.25) is 0 Å². The quantitative estimate of drug-likeness (QED) is 0.431. The lowest BCUT2D eigenvalue weighted by molar-refractivity contribution is 1.31. The Hall–Kier alpha value is -0.960. The van der Waals surface area contributed by atoms with E-state index in [2.05, 4.69) is 0 Å². The van der Waals surface area contributed by atoms with Crippen LogP contribution in [-0.4, -0.2) is 0 Å². The molecule has 1 aromatic carbocycles. The van der Waals surface area contributed by atoms with Crippen LogP contribution < -0.4 is 16.3 Å². The zero-order valence-corrected chi connectivity index (χ0v) is 6.57. The van der Waals surface area contributed by atoms with Crippen molar-refractivity contribution in [3.05, 3.63) is 41.8 Å². The van der Waals surface area contributed by atoms with Crippen LogP contribution in [0.5, 0.6) is 0 Å². The van der Waals surface area contributed by atoms with Crippen molar-refractivity contribution in [2.45, 2.75) is 12.8 Å². The molecule has 0 atom stereocenters. The summed E-state index contributed by atoms with van der Waals surface area (Å²) in [4.78, 5) is 32.3. The highest BCUT2D eigenvalue weighted by molar-refractivity contribution is 6.17. The van der Waals surface area contributed by atoms with Crippen LogP contribution in [0.25, 0.3) is 0 Å². The fourth-order valence-corrected chi connectivity index (χ4v) is 1.20.